The van der Waals surface area contributed by atoms with Crippen LogP contribution in [0.4, 0.5) is 29.5 Å². The number of carbonyl (C=O) groups excluding carboxylic acids is 1. The predicted octanol–water partition coefficient (Wildman–Crippen LogP) is 3.95. The lowest BCUT2D eigenvalue weighted by Gasteiger charge is -2.35. The molecular formula is C20H24F3N5O2. The van der Waals surface area contributed by atoms with Crippen LogP contribution >= 0.6 is 0 Å². The van der Waals surface area contributed by atoms with Gasteiger partial charge in [-0.15, -0.1) is 0 Å². The first-order valence-electron chi connectivity index (χ1n) is 9.62. The third-order valence-corrected chi connectivity index (χ3v) is 4.49. The lowest BCUT2D eigenvalue weighted by molar-refractivity contribution is -0.137. The fourth-order valence-electron chi connectivity index (χ4n) is 3.10. The number of nitrogens with one attached hydrogen (secondary N) is 1. The van der Waals surface area contributed by atoms with Crippen molar-refractivity contribution in [1.29, 1.82) is 0 Å². The Morgan fingerprint density at radius 2 is 1.83 bits per heavy atom. The minimum absolute atomic E-state index is 0.0106. The van der Waals surface area contributed by atoms with Crippen LogP contribution < -0.4 is 15.0 Å². The van der Waals surface area contributed by atoms with E-state index in [0.717, 1.165) is 18.0 Å². The molecule has 0 unspecified atom stereocenters. The summed E-state index contributed by atoms with van der Waals surface area (Å²) in [7, 11) is 0. The third kappa shape index (κ3) is 5.52. The van der Waals surface area contributed by atoms with Crippen LogP contribution in [0.25, 0.3) is 0 Å². The van der Waals surface area contributed by atoms with Crippen LogP contribution in [-0.2, 0) is 6.18 Å². The molecule has 0 bridgehead atoms. The minimum atomic E-state index is -4.46. The molecule has 162 valence electrons. The van der Waals surface area contributed by atoms with Gasteiger partial charge in [0.1, 0.15) is 11.6 Å². The number of alkyl halides is 3. The summed E-state index contributed by atoms with van der Waals surface area (Å²) in [6.07, 6.45) is -4.47. The average molecular weight is 423 g/mol. The summed E-state index contributed by atoms with van der Waals surface area (Å²) in [5, 5.41) is 2.54. The van der Waals surface area contributed by atoms with Gasteiger partial charge < -0.3 is 19.9 Å². The highest BCUT2D eigenvalue weighted by Crippen LogP contribution is 2.30. The van der Waals surface area contributed by atoms with Crippen LogP contribution in [0, 0.1) is 6.92 Å². The molecule has 2 amide bonds. The molecule has 30 heavy (non-hydrogen) atoms. The van der Waals surface area contributed by atoms with Crippen molar-refractivity contribution in [2.75, 3.05) is 36.4 Å². The zero-order valence-electron chi connectivity index (χ0n) is 17.0. The van der Waals surface area contributed by atoms with Gasteiger partial charge in [-0.3, -0.25) is 0 Å². The van der Waals surface area contributed by atoms with Crippen LogP contribution in [0.2, 0.25) is 0 Å². The molecule has 10 heteroatoms. The second-order valence-corrected chi connectivity index (χ2v) is 7.26. The molecule has 1 aromatic heterocycles. The number of urea groups is 1. The molecule has 2 aromatic rings. The number of hydrogen-bond donors (Lipinski definition) is 1. The van der Waals surface area contributed by atoms with Crippen molar-refractivity contribution in [3.63, 3.8) is 0 Å². The van der Waals surface area contributed by atoms with Crippen LogP contribution in [0.15, 0.2) is 30.3 Å². The van der Waals surface area contributed by atoms with E-state index in [2.05, 4.69) is 15.3 Å². The molecule has 3 rings (SSSR count). The Hall–Kier alpha value is -3.04. The van der Waals surface area contributed by atoms with Gasteiger partial charge in [0.2, 0.25) is 5.88 Å². The first kappa shape index (κ1) is 21.7. The van der Waals surface area contributed by atoms with Gasteiger partial charge in [-0.2, -0.15) is 18.2 Å². The Kier molecular flexibility index (Phi) is 6.33. The maximum Gasteiger partial charge on any atom is 0.416 e. The topological polar surface area (TPSA) is 70.6 Å². The first-order chi connectivity index (χ1) is 14.1. The highest BCUT2D eigenvalue weighted by Gasteiger charge is 2.31. The van der Waals surface area contributed by atoms with Gasteiger partial charge in [0, 0.05) is 37.9 Å². The van der Waals surface area contributed by atoms with Crippen LogP contribution in [0.3, 0.4) is 0 Å². The van der Waals surface area contributed by atoms with Crippen molar-refractivity contribution in [3.8, 4) is 5.88 Å². The number of carbonyl (C=O) groups is 1. The fraction of sp³-hybridized carbons (Fsp3) is 0.450. The molecule has 0 spiro atoms. The summed E-state index contributed by atoms with van der Waals surface area (Å²) < 4.78 is 44.2. The van der Waals surface area contributed by atoms with Gasteiger partial charge in [-0.1, -0.05) is 6.07 Å². The van der Waals surface area contributed by atoms with E-state index in [1.807, 2.05) is 18.7 Å². The number of ether oxygens (including phenoxy) is 1. The molecule has 0 radical (unpaired) electrons. The van der Waals surface area contributed by atoms with Gasteiger partial charge in [0.25, 0.3) is 0 Å². The molecule has 0 atom stereocenters. The number of aromatic nitrogens is 2. The summed E-state index contributed by atoms with van der Waals surface area (Å²) in [5.41, 5.74) is -0.692. The molecule has 1 N–H and O–H groups in total. The van der Waals surface area contributed by atoms with Crippen LogP contribution in [-0.4, -0.2) is 53.2 Å². The standard InChI is InChI=1S/C20H24F3N5O2/c1-13(2)30-18-12-17(24-14(3)25-18)27-7-9-28(10-8-27)19(29)26-16-6-4-5-15(11-16)20(21,22)23/h4-6,11-13H,7-10H2,1-3H3,(H,26,29). The summed E-state index contributed by atoms with van der Waals surface area (Å²) in [6.45, 7) is 7.51. The van der Waals surface area contributed by atoms with Gasteiger partial charge >= 0.3 is 12.2 Å². The molecule has 1 aliphatic rings. The molecule has 2 heterocycles. The Balaban J connectivity index is 1.60. The van der Waals surface area contributed by atoms with Crippen molar-refractivity contribution in [2.24, 2.45) is 0 Å². The average Bonchev–Trinajstić information content (AvgIpc) is 2.66. The number of anilines is 2. The second kappa shape index (κ2) is 8.76. The monoisotopic (exact) mass is 423 g/mol. The summed E-state index contributed by atoms with van der Waals surface area (Å²) >= 11 is 0. The number of benzene rings is 1. The van der Waals surface area contributed by atoms with E-state index in [1.54, 1.807) is 17.9 Å². The van der Waals surface area contributed by atoms with Crippen LogP contribution in [0.1, 0.15) is 25.2 Å². The molecule has 0 saturated carbocycles. The van der Waals surface area contributed by atoms with Gasteiger partial charge in [-0.05, 0) is 39.0 Å². The van der Waals surface area contributed by atoms with Crippen molar-refractivity contribution in [3.05, 3.63) is 41.7 Å². The van der Waals surface area contributed by atoms with Crippen molar-refractivity contribution < 1.29 is 22.7 Å². The van der Waals surface area contributed by atoms with E-state index in [4.69, 9.17) is 4.74 Å². The maximum atomic E-state index is 12.8. The largest absolute Gasteiger partial charge is 0.475 e. The van der Waals surface area contributed by atoms with Crippen molar-refractivity contribution in [2.45, 2.75) is 33.1 Å². The molecule has 1 aromatic carbocycles. The predicted molar refractivity (Wildman–Crippen MR) is 107 cm³/mol. The minimum Gasteiger partial charge on any atom is -0.475 e. The highest BCUT2D eigenvalue weighted by molar-refractivity contribution is 5.89. The first-order valence-corrected chi connectivity index (χ1v) is 9.62. The Morgan fingerprint density at radius 3 is 2.47 bits per heavy atom. The Bertz CT molecular complexity index is 896. The van der Waals surface area contributed by atoms with Crippen molar-refractivity contribution in [1.82, 2.24) is 14.9 Å². The third-order valence-electron chi connectivity index (χ3n) is 4.49. The number of piperazine rings is 1. The second-order valence-electron chi connectivity index (χ2n) is 7.26. The normalized spacial score (nSPS) is 14.8. The molecule has 0 aliphatic carbocycles. The highest BCUT2D eigenvalue weighted by atomic mass is 19.4. The fourth-order valence-corrected chi connectivity index (χ4v) is 3.10. The van der Waals surface area contributed by atoms with E-state index in [-0.39, 0.29) is 11.8 Å². The molecule has 7 nitrogen and oxygen atoms in total. The zero-order chi connectivity index (χ0) is 21.9. The van der Waals surface area contributed by atoms with Gasteiger partial charge in [0.15, 0.2) is 0 Å². The van der Waals surface area contributed by atoms with E-state index < -0.39 is 17.8 Å². The summed E-state index contributed by atoms with van der Waals surface area (Å²) in [5.74, 6) is 1.81. The van der Waals surface area contributed by atoms with Crippen LogP contribution in [0.5, 0.6) is 5.88 Å². The number of amides is 2. The smallest absolute Gasteiger partial charge is 0.416 e. The van der Waals surface area contributed by atoms with E-state index >= 15 is 0 Å². The summed E-state index contributed by atoms with van der Waals surface area (Å²) in [6, 6.07) is 5.93. The number of rotatable bonds is 4. The van der Waals surface area contributed by atoms with E-state index in [0.29, 0.717) is 37.9 Å². The lowest BCUT2D eigenvalue weighted by atomic mass is 10.2. The van der Waals surface area contributed by atoms with Crippen molar-refractivity contribution >= 4 is 17.5 Å². The zero-order valence-corrected chi connectivity index (χ0v) is 17.0. The number of halogens is 3. The number of nitrogens with zero attached hydrogens (tertiary/aromatic N) is 4. The van der Waals surface area contributed by atoms with E-state index in [1.165, 1.54) is 12.1 Å². The summed E-state index contributed by atoms with van der Waals surface area (Å²) in [4.78, 5) is 24.8. The lowest BCUT2D eigenvalue weighted by Crippen LogP contribution is -2.50. The Morgan fingerprint density at radius 1 is 1.13 bits per heavy atom. The Labute approximate surface area is 172 Å². The van der Waals surface area contributed by atoms with Gasteiger partial charge in [-0.25, -0.2) is 9.78 Å². The maximum absolute atomic E-state index is 12.8. The SMILES string of the molecule is Cc1nc(OC(C)C)cc(N2CCN(C(=O)Nc3cccc(C(F)(F)F)c3)CC2)n1. The molecule has 1 aliphatic heterocycles. The van der Waals surface area contributed by atoms with E-state index in [9.17, 15) is 18.0 Å². The molecule has 1 fully saturated rings. The van der Waals surface area contributed by atoms with Gasteiger partial charge in [0.05, 0.1) is 11.7 Å². The molecular weight excluding hydrogens is 399 g/mol. The molecule has 1 saturated heterocycles. The number of aryl methyl sites for hydroxylation is 1. The quantitative estimate of drug-likeness (QED) is 0.807. The number of hydrogen-bond acceptors (Lipinski definition) is 5.